The summed E-state index contributed by atoms with van der Waals surface area (Å²) in [5.41, 5.74) is 2.07. The van der Waals surface area contributed by atoms with Gasteiger partial charge in [-0.3, -0.25) is 9.48 Å². The molecule has 3 heterocycles. The molecular weight excluding hydrogens is 356 g/mol. The van der Waals surface area contributed by atoms with E-state index < -0.39 is 24.2 Å². The molecule has 0 bridgehead atoms. The van der Waals surface area contributed by atoms with Crippen molar-refractivity contribution in [3.05, 3.63) is 43.0 Å². The molecule has 3 aromatic heterocycles. The Morgan fingerprint density at radius 2 is 2.07 bits per heavy atom. The van der Waals surface area contributed by atoms with Crippen LogP contribution >= 0.6 is 0 Å². The van der Waals surface area contributed by atoms with Gasteiger partial charge >= 0.3 is 0 Å². The van der Waals surface area contributed by atoms with E-state index in [-0.39, 0.29) is 5.82 Å². The smallest absolute Gasteiger partial charge is 0.260 e. The molecule has 1 amide bonds. The zero-order valence-electron chi connectivity index (χ0n) is 14.2. The number of halogens is 2. The highest BCUT2D eigenvalue weighted by molar-refractivity contribution is 5.94. The van der Waals surface area contributed by atoms with E-state index in [2.05, 4.69) is 30.7 Å². The first kappa shape index (κ1) is 17.0. The summed E-state index contributed by atoms with van der Waals surface area (Å²) in [6.07, 6.45) is 6.14. The van der Waals surface area contributed by atoms with Crippen LogP contribution < -0.4 is 10.6 Å². The summed E-state index contributed by atoms with van der Waals surface area (Å²) < 4.78 is 27.5. The van der Waals surface area contributed by atoms with Crippen LogP contribution in [-0.2, 0) is 11.8 Å². The first-order valence-electron chi connectivity index (χ1n) is 8.14. The van der Waals surface area contributed by atoms with E-state index in [0.29, 0.717) is 17.2 Å². The van der Waals surface area contributed by atoms with Crippen LogP contribution in [0.5, 0.6) is 0 Å². The van der Waals surface area contributed by atoms with Crippen LogP contribution in [0, 0.1) is 5.92 Å². The van der Waals surface area contributed by atoms with Crippen LogP contribution in [-0.4, -0.2) is 36.6 Å². The Kier molecular flexibility index (Phi) is 4.02. The monoisotopic (exact) mass is 371 g/mol. The molecule has 3 aromatic rings. The molecule has 1 unspecified atom stereocenters. The molecule has 0 aromatic carbocycles. The van der Waals surface area contributed by atoms with Gasteiger partial charge in [0.05, 0.1) is 17.6 Å². The summed E-state index contributed by atoms with van der Waals surface area (Å²) in [7, 11) is 1.80. The van der Waals surface area contributed by atoms with Gasteiger partial charge < -0.3 is 10.6 Å². The lowest BCUT2D eigenvalue weighted by atomic mass is 10.2. The SMILES string of the molecule is Cn1cc(Nc2nccc(-c3ccc(NC(=O)C4CC4(F)F)nc3)n2)cn1. The largest absolute Gasteiger partial charge is 0.321 e. The Morgan fingerprint density at radius 3 is 2.70 bits per heavy atom. The molecule has 27 heavy (non-hydrogen) atoms. The summed E-state index contributed by atoms with van der Waals surface area (Å²) >= 11 is 0. The van der Waals surface area contributed by atoms with E-state index in [0.717, 1.165) is 5.69 Å². The van der Waals surface area contributed by atoms with Gasteiger partial charge in [0, 0.05) is 37.6 Å². The van der Waals surface area contributed by atoms with Crippen LogP contribution in [0.2, 0.25) is 0 Å². The molecule has 1 aliphatic rings. The van der Waals surface area contributed by atoms with E-state index in [9.17, 15) is 13.6 Å². The fraction of sp³-hybridized carbons (Fsp3) is 0.235. The van der Waals surface area contributed by atoms with Crippen LogP contribution in [0.3, 0.4) is 0 Å². The number of hydrogen-bond acceptors (Lipinski definition) is 6. The normalized spacial score (nSPS) is 17.4. The third kappa shape index (κ3) is 3.73. The highest BCUT2D eigenvalue weighted by Crippen LogP contribution is 2.49. The average Bonchev–Trinajstić information content (AvgIpc) is 3.10. The van der Waals surface area contributed by atoms with Gasteiger partial charge in [0.25, 0.3) is 5.92 Å². The number of pyridine rings is 1. The Bertz CT molecular complexity index is 987. The molecule has 1 fully saturated rings. The molecule has 1 aliphatic carbocycles. The topological polar surface area (TPSA) is 97.6 Å². The molecule has 0 aliphatic heterocycles. The Morgan fingerprint density at radius 1 is 1.26 bits per heavy atom. The minimum Gasteiger partial charge on any atom is -0.321 e. The van der Waals surface area contributed by atoms with Crippen LogP contribution in [0.25, 0.3) is 11.3 Å². The number of carbonyl (C=O) groups is 1. The number of nitrogens with zero attached hydrogens (tertiary/aromatic N) is 5. The maximum atomic E-state index is 12.9. The van der Waals surface area contributed by atoms with Crippen molar-refractivity contribution < 1.29 is 13.6 Å². The van der Waals surface area contributed by atoms with Gasteiger partial charge in [0.15, 0.2) is 0 Å². The number of rotatable bonds is 5. The van der Waals surface area contributed by atoms with Crippen molar-refractivity contribution in [2.24, 2.45) is 13.0 Å². The average molecular weight is 371 g/mol. The molecule has 8 nitrogen and oxygen atoms in total. The molecule has 0 spiro atoms. The summed E-state index contributed by atoms with van der Waals surface area (Å²) in [6.45, 7) is 0. The highest BCUT2D eigenvalue weighted by atomic mass is 19.3. The number of hydrogen-bond donors (Lipinski definition) is 2. The molecule has 1 saturated carbocycles. The molecule has 2 N–H and O–H groups in total. The van der Waals surface area contributed by atoms with E-state index >= 15 is 0 Å². The quantitative estimate of drug-likeness (QED) is 0.716. The predicted octanol–water partition coefficient (Wildman–Crippen LogP) is 2.61. The maximum absolute atomic E-state index is 12.9. The van der Waals surface area contributed by atoms with Crippen molar-refractivity contribution >= 4 is 23.4 Å². The van der Waals surface area contributed by atoms with Gasteiger partial charge in [0.2, 0.25) is 11.9 Å². The molecule has 1 atom stereocenters. The summed E-state index contributed by atoms with van der Waals surface area (Å²) in [4.78, 5) is 24.4. The lowest BCUT2D eigenvalue weighted by Crippen LogP contribution is -2.18. The van der Waals surface area contributed by atoms with Crippen LogP contribution in [0.4, 0.5) is 26.2 Å². The summed E-state index contributed by atoms with van der Waals surface area (Å²) in [6, 6.07) is 4.96. The second-order valence-corrected chi connectivity index (χ2v) is 6.23. The molecule has 0 radical (unpaired) electrons. The van der Waals surface area contributed by atoms with Gasteiger partial charge in [-0.2, -0.15) is 5.10 Å². The van der Waals surface area contributed by atoms with Crippen molar-refractivity contribution in [3.8, 4) is 11.3 Å². The molecule has 138 valence electrons. The van der Waals surface area contributed by atoms with Gasteiger partial charge in [0.1, 0.15) is 11.7 Å². The Hall–Kier alpha value is -3.43. The number of aromatic nitrogens is 5. The first-order chi connectivity index (χ1) is 12.9. The standard InChI is InChI=1S/C17H15F2N7O/c1-26-9-11(8-22-26)23-16-20-5-4-13(24-16)10-2-3-14(21-7-10)25-15(27)12-6-17(12,18)19/h2-5,7-9,12H,6H2,1H3,(H,20,23,24)(H,21,25,27). The molecule has 10 heteroatoms. The second-order valence-electron chi connectivity index (χ2n) is 6.23. The third-order valence-corrected chi connectivity index (χ3v) is 4.07. The highest BCUT2D eigenvalue weighted by Gasteiger charge is 2.61. The van der Waals surface area contributed by atoms with Gasteiger partial charge in [-0.1, -0.05) is 0 Å². The van der Waals surface area contributed by atoms with Gasteiger partial charge in [-0.05, 0) is 18.2 Å². The zero-order chi connectivity index (χ0) is 19.0. The van der Waals surface area contributed by atoms with Crippen molar-refractivity contribution in [3.63, 3.8) is 0 Å². The number of nitrogens with one attached hydrogen (secondary N) is 2. The number of amides is 1. The van der Waals surface area contributed by atoms with Crippen LogP contribution in [0.1, 0.15) is 6.42 Å². The third-order valence-electron chi connectivity index (χ3n) is 4.07. The number of aryl methyl sites for hydroxylation is 1. The predicted molar refractivity (Wildman–Crippen MR) is 93.4 cm³/mol. The zero-order valence-corrected chi connectivity index (χ0v) is 14.2. The van der Waals surface area contributed by atoms with Gasteiger partial charge in [-0.15, -0.1) is 0 Å². The summed E-state index contributed by atoms with van der Waals surface area (Å²) in [5, 5.41) is 9.51. The molecular formula is C17H15F2N7O. The fourth-order valence-corrected chi connectivity index (χ4v) is 2.52. The fourth-order valence-electron chi connectivity index (χ4n) is 2.52. The minimum atomic E-state index is -2.90. The summed E-state index contributed by atoms with van der Waals surface area (Å²) in [5.74, 6) is -4.27. The number of anilines is 3. The van der Waals surface area contributed by atoms with Crippen molar-refractivity contribution in [2.45, 2.75) is 12.3 Å². The van der Waals surface area contributed by atoms with E-state index in [1.54, 1.807) is 48.5 Å². The molecule has 0 saturated heterocycles. The first-order valence-corrected chi connectivity index (χ1v) is 8.14. The van der Waals surface area contributed by atoms with E-state index in [1.807, 2.05) is 0 Å². The van der Waals surface area contributed by atoms with Crippen molar-refractivity contribution in [2.75, 3.05) is 10.6 Å². The second kappa shape index (κ2) is 6.38. The molecule has 4 rings (SSSR count). The van der Waals surface area contributed by atoms with E-state index in [1.165, 1.54) is 6.20 Å². The Balaban J connectivity index is 1.45. The minimum absolute atomic E-state index is 0.217. The number of carbonyl (C=O) groups excluding carboxylic acids is 1. The van der Waals surface area contributed by atoms with E-state index in [4.69, 9.17) is 0 Å². The Labute approximate surface area is 152 Å². The number of alkyl halides is 2. The lowest BCUT2D eigenvalue weighted by molar-refractivity contribution is -0.119. The maximum Gasteiger partial charge on any atom is 0.260 e. The van der Waals surface area contributed by atoms with Crippen molar-refractivity contribution in [1.29, 1.82) is 0 Å². The van der Waals surface area contributed by atoms with Gasteiger partial charge in [-0.25, -0.2) is 23.7 Å². The van der Waals surface area contributed by atoms with Crippen LogP contribution in [0.15, 0.2) is 43.0 Å². The lowest BCUT2D eigenvalue weighted by Gasteiger charge is -2.07. The van der Waals surface area contributed by atoms with Crippen molar-refractivity contribution in [1.82, 2.24) is 24.7 Å².